The van der Waals surface area contributed by atoms with E-state index >= 15 is 0 Å². The van der Waals surface area contributed by atoms with Crippen LogP contribution in [0.3, 0.4) is 0 Å². The molecule has 0 atom stereocenters. The molecule has 1 aliphatic rings. The van der Waals surface area contributed by atoms with E-state index in [1.807, 2.05) is 0 Å². The second-order valence-electron chi connectivity index (χ2n) is 8.52. The first-order chi connectivity index (χ1) is 15.9. The summed E-state index contributed by atoms with van der Waals surface area (Å²) in [7, 11) is 0. The molecule has 2 heterocycles. The van der Waals surface area contributed by atoms with Gasteiger partial charge in [-0.25, -0.2) is 0 Å². The molecule has 6 aromatic rings. The molecule has 0 saturated heterocycles. The molecule has 0 spiro atoms. The molecular formula is C30H22N2. The van der Waals surface area contributed by atoms with E-state index in [0.717, 1.165) is 12.8 Å². The lowest BCUT2D eigenvalue weighted by molar-refractivity contribution is 0.979. The molecule has 0 amide bonds. The Balaban J connectivity index is 1.72. The fraction of sp³-hybridized carbons (Fsp3) is 0.0667. The van der Waals surface area contributed by atoms with Gasteiger partial charge in [-0.3, -0.25) is 0 Å². The van der Waals surface area contributed by atoms with Crippen molar-refractivity contribution in [1.82, 2.24) is 9.13 Å². The van der Waals surface area contributed by atoms with Crippen LogP contribution in [0.2, 0.25) is 0 Å². The summed E-state index contributed by atoms with van der Waals surface area (Å²) >= 11 is 0. The first kappa shape index (κ1) is 17.6. The summed E-state index contributed by atoms with van der Waals surface area (Å²) in [5.41, 5.74) is 7.64. The average molecular weight is 411 g/mol. The molecule has 0 fully saturated rings. The Morgan fingerprint density at radius 3 is 1.78 bits per heavy atom. The lowest BCUT2D eigenvalue weighted by atomic mass is 10.1. The van der Waals surface area contributed by atoms with Gasteiger partial charge in [0, 0.05) is 32.9 Å². The van der Waals surface area contributed by atoms with E-state index in [9.17, 15) is 0 Å². The highest BCUT2D eigenvalue weighted by molar-refractivity contribution is 6.29. The van der Waals surface area contributed by atoms with Gasteiger partial charge in [0.2, 0.25) is 0 Å². The molecule has 2 aromatic heterocycles. The molecule has 0 radical (unpaired) electrons. The van der Waals surface area contributed by atoms with Crippen LogP contribution < -0.4 is 0 Å². The normalized spacial score (nSPS) is 14.1. The molecule has 1 aliphatic carbocycles. The van der Waals surface area contributed by atoms with Gasteiger partial charge in [0.15, 0.2) is 0 Å². The third-order valence-electron chi connectivity index (χ3n) is 6.77. The summed E-state index contributed by atoms with van der Waals surface area (Å²) in [5.74, 6) is 0. The van der Waals surface area contributed by atoms with Gasteiger partial charge in [-0.2, -0.15) is 0 Å². The minimum Gasteiger partial charge on any atom is -0.313 e. The topological polar surface area (TPSA) is 9.86 Å². The summed E-state index contributed by atoms with van der Waals surface area (Å²) < 4.78 is 4.88. The predicted octanol–water partition coefficient (Wildman–Crippen LogP) is 8.08. The molecule has 152 valence electrons. The zero-order chi connectivity index (χ0) is 21.1. The average Bonchev–Trinajstić information content (AvgIpc) is 3.38. The highest BCUT2D eigenvalue weighted by Gasteiger charge is 2.20. The second-order valence-corrected chi connectivity index (χ2v) is 8.52. The summed E-state index contributed by atoms with van der Waals surface area (Å²) in [6.45, 7) is 0. The number of benzene rings is 4. The predicted molar refractivity (Wildman–Crippen MR) is 136 cm³/mol. The van der Waals surface area contributed by atoms with Gasteiger partial charge in [0.1, 0.15) is 0 Å². The van der Waals surface area contributed by atoms with Crippen LogP contribution in [-0.4, -0.2) is 9.13 Å². The quantitative estimate of drug-likeness (QED) is 0.273. The molecule has 0 aliphatic heterocycles. The van der Waals surface area contributed by atoms with Crippen molar-refractivity contribution >= 4 is 49.3 Å². The summed E-state index contributed by atoms with van der Waals surface area (Å²) in [5, 5.41) is 5.31. The second kappa shape index (κ2) is 6.73. The number of allylic oxidation sites excluding steroid dienone is 4. The molecule has 2 heteroatoms. The third kappa shape index (κ3) is 2.35. The van der Waals surface area contributed by atoms with Crippen molar-refractivity contribution in [2.45, 2.75) is 12.8 Å². The number of nitrogens with zero attached hydrogens (tertiary/aromatic N) is 2. The van der Waals surface area contributed by atoms with E-state index in [4.69, 9.17) is 0 Å². The lowest BCUT2D eigenvalue weighted by Crippen LogP contribution is -1.98. The first-order valence-electron chi connectivity index (χ1n) is 11.3. The van der Waals surface area contributed by atoms with E-state index in [2.05, 4.69) is 118 Å². The number of hydrogen-bond acceptors (Lipinski definition) is 0. The smallest absolute Gasteiger partial charge is 0.0548 e. The summed E-state index contributed by atoms with van der Waals surface area (Å²) in [4.78, 5) is 0. The van der Waals surface area contributed by atoms with E-state index in [0.29, 0.717) is 0 Å². The first-order valence-corrected chi connectivity index (χ1v) is 11.3. The maximum Gasteiger partial charge on any atom is 0.0548 e. The van der Waals surface area contributed by atoms with Crippen molar-refractivity contribution in [3.63, 3.8) is 0 Å². The summed E-state index contributed by atoms with van der Waals surface area (Å²) in [6.07, 6.45) is 8.87. The minimum absolute atomic E-state index is 1.06. The zero-order valence-electron chi connectivity index (χ0n) is 17.7. The van der Waals surface area contributed by atoms with Gasteiger partial charge in [0.25, 0.3) is 0 Å². The van der Waals surface area contributed by atoms with Gasteiger partial charge in [-0.15, -0.1) is 0 Å². The Labute approximate surface area is 186 Å². The highest BCUT2D eigenvalue weighted by Crippen LogP contribution is 2.42. The molecule has 0 bridgehead atoms. The Morgan fingerprint density at radius 2 is 1.12 bits per heavy atom. The Hall–Kier alpha value is -4.04. The van der Waals surface area contributed by atoms with Crippen LogP contribution in [0.1, 0.15) is 12.8 Å². The van der Waals surface area contributed by atoms with Crippen molar-refractivity contribution in [1.29, 1.82) is 0 Å². The number of fused-ring (bicyclic) bond motifs is 7. The van der Waals surface area contributed by atoms with Gasteiger partial charge in [0.05, 0.1) is 22.1 Å². The molecule has 0 N–H and O–H groups in total. The Morgan fingerprint density at radius 1 is 0.531 bits per heavy atom. The van der Waals surface area contributed by atoms with Crippen LogP contribution in [0, 0.1) is 0 Å². The summed E-state index contributed by atoms with van der Waals surface area (Å²) in [6, 6.07) is 33.0. The number of aromatic nitrogens is 2. The standard InChI is InChI=1S/C30H22N2/c1-3-11-21(12-4-1)31-25-17-9-7-15-23(25)29-27(31)19-20-28-30(29)24-16-8-10-18-26(24)32(28)22-13-5-2-6-14-22/h1-5,7-13,15-20H,6,14H2. The van der Waals surface area contributed by atoms with Crippen LogP contribution in [0.4, 0.5) is 0 Å². The van der Waals surface area contributed by atoms with Gasteiger partial charge >= 0.3 is 0 Å². The molecule has 0 unspecified atom stereocenters. The van der Waals surface area contributed by atoms with Crippen molar-refractivity contribution in [3.8, 4) is 5.69 Å². The minimum atomic E-state index is 1.06. The van der Waals surface area contributed by atoms with E-state index in [1.54, 1.807) is 0 Å². The maximum absolute atomic E-state index is 2.47. The monoisotopic (exact) mass is 410 g/mol. The molecule has 7 rings (SSSR count). The Kier molecular flexibility index (Phi) is 3.71. The number of hydrogen-bond donors (Lipinski definition) is 0. The fourth-order valence-corrected chi connectivity index (χ4v) is 5.46. The fourth-order valence-electron chi connectivity index (χ4n) is 5.46. The van der Waals surface area contributed by atoms with Crippen molar-refractivity contribution in [2.24, 2.45) is 0 Å². The van der Waals surface area contributed by atoms with Crippen LogP contribution in [0.25, 0.3) is 55.0 Å². The van der Waals surface area contributed by atoms with Gasteiger partial charge in [-0.1, -0.05) is 66.7 Å². The molecule has 0 saturated carbocycles. The van der Waals surface area contributed by atoms with Crippen LogP contribution >= 0.6 is 0 Å². The largest absolute Gasteiger partial charge is 0.313 e. The van der Waals surface area contributed by atoms with Crippen LogP contribution in [-0.2, 0) is 0 Å². The van der Waals surface area contributed by atoms with Gasteiger partial charge in [-0.05, 0) is 55.3 Å². The van der Waals surface area contributed by atoms with E-state index < -0.39 is 0 Å². The van der Waals surface area contributed by atoms with E-state index in [-0.39, 0.29) is 0 Å². The molecular weight excluding hydrogens is 388 g/mol. The van der Waals surface area contributed by atoms with Gasteiger partial charge < -0.3 is 9.13 Å². The Bertz CT molecular complexity index is 1710. The maximum atomic E-state index is 2.47. The number of para-hydroxylation sites is 3. The highest BCUT2D eigenvalue weighted by atomic mass is 15.0. The lowest BCUT2D eigenvalue weighted by Gasteiger charge is -2.14. The van der Waals surface area contributed by atoms with E-state index in [1.165, 1.54) is 55.0 Å². The third-order valence-corrected chi connectivity index (χ3v) is 6.77. The molecule has 32 heavy (non-hydrogen) atoms. The number of rotatable bonds is 2. The molecule has 4 aromatic carbocycles. The van der Waals surface area contributed by atoms with Crippen molar-refractivity contribution in [2.75, 3.05) is 0 Å². The van der Waals surface area contributed by atoms with Crippen molar-refractivity contribution in [3.05, 3.63) is 109 Å². The SMILES string of the molecule is C1=CCCC(n2c3ccccc3c3c4c5ccccc5n(-c5ccccc5)c4ccc32)=C1. The van der Waals surface area contributed by atoms with Crippen LogP contribution in [0.5, 0.6) is 0 Å². The van der Waals surface area contributed by atoms with Crippen LogP contribution in [0.15, 0.2) is 109 Å². The molecule has 2 nitrogen and oxygen atoms in total. The zero-order valence-corrected chi connectivity index (χ0v) is 17.7. The van der Waals surface area contributed by atoms with Crippen molar-refractivity contribution < 1.29 is 0 Å².